The number of carbonyl (C=O) groups is 1. The van der Waals surface area contributed by atoms with E-state index in [1.165, 1.54) is 17.7 Å². The third-order valence-corrected chi connectivity index (χ3v) is 3.53. The van der Waals surface area contributed by atoms with Crippen molar-refractivity contribution < 1.29 is 14.8 Å². The summed E-state index contributed by atoms with van der Waals surface area (Å²) < 4.78 is 0. The van der Waals surface area contributed by atoms with Crippen LogP contribution in [0.4, 0.5) is 0 Å². The van der Waals surface area contributed by atoms with E-state index in [4.69, 9.17) is 15.8 Å². The lowest BCUT2D eigenvalue weighted by atomic mass is 9.77. The molecule has 1 saturated heterocycles. The van der Waals surface area contributed by atoms with E-state index in [2.05, 4.69) is 0 Å². The molecule has 6 heteroatoms. The minimum Gasteiger partial charge on any atom is -0.426 e. The second kappa shape index (κ2) is 4.73. The molecule has 1 aliphatic carbocycles. The maximum Gasteiger partial charge on any atom is 0.475 e. The first-order valence-corrected chi connectivity index (χ1v) is 6.02. The smallest absolute Gasteiger partial charge is 0.426 e. The number of nitrogens with two attached hydrogens (primary N) is 1. The zero-order valence-electron chi connectivity index (χ0n) is 9.38. The molecular formula is C10H19BN2O3. The number of amides is 1. The topological polar surface area (TPSA) is 86.8 Å². The molecule has 0 radical (unpaired) electrons. The molecule has 0 aromatic rings. The molecule has 0 unspecified atom stereocenters. The van der Waals surface area contributed by atoms with Gasteiger partial charge in [0.2, 0.25) is 5.91 Å². The quantitative estimate of drug-likeness (QED) is 0.543. The second-order valence-electron chi connectivity index (χ2n) is 4.94. The molecule has 1 aliphatic heterocycles. The number of likely N-dealkylation sites (tertiary alicyclic amines) is 1. The van der Waals surface area contributed by atoms with Crippen molar-refractivity contribution >= 4 is 13.0 Å². The van der Waals surface area contributed by atoms with Gasteiger partial charge in [-0.05, 0) is 25.2 Å². The maximum absolute atomic E-state index is 12.0. The summed E-state index contributed by atoms with van der Waals surface area (Å²) in [6, 6.07) is -0.466. The predicted octanol–water partition coefficient (Wildman–Crippen LogP) is -0.883. The molecule has 0 spiro atoms. The Hall–Kier alpha value is -0.585. The van der Waals surface area contributed by atoms with Crippen molar-refractivity contribution in [2.45, 2.75) is 44.1 Å². The van der Waals surface area contributed by atoms with Crippen LogP contribution in [0.3, 0.4) is 0 Å². The fourth-order valence-corrected chi connectivity index (χ4v) is 2.40. The van der Waals surface area contributed by atoms with Gasteiger partial charge in [0.25, 0.3) is 0 Å². The summed E-state index contributed by atoms with van der Waals surface area (Å²) in [4.78, 5) is 13.5. The number of hydrogen-bond donors (Lipinski definition) is 3. The average Bonchev–Trinajstić information content (AvgIpc) is 2.91. The van der Waals surface area contributed by atoms with Crippen molar-refractivity contribution in [3.8, 4) is 0 Å². The summed E-state index contributed by atoms with van der Waals surface area (Å²) in [5, 5.41) is 18.3. The van der Waals surface area contributed by atoms with Crippen LogP contribution in [-0.2, 0) is 4.79 Å². The third-order valence-electron chi connectivity index (χ3n) is 3.53. The minimum absolute atomic E-state index is 0.123. The lowest BCUT2D eigenvalue weighted by Crippen LogP contribution is -2.51. The zero-order valence-corrected chi connectivity index (χ0v) is 9.38. The fourth-order valence-electron chi connectivity index (χ4n) is 2.40. The molecule has 0 aromatic carbocycles. The van der Waals surface area contributed by atoms with Crippen molar-refractivity contribution in [1.82, 2.24) is 4.90 Å². The lowest BCUT2D eigenvalue weighted by molar-refractivity contribution is -0.132. The Morgan fingerprint density at radius 3 is 2.69 bits per heavy atom. The Bertz CT molecular complexity index is 271. The second-order valence-corrected chi connectivity index (χ2v) is 4.94. The minimum atomic E-state index is -1.44. The molecule has 4 N–H and O–H groups in total. The first kappa shape index (κ1) is 11.9. The summed E-state index contributed by atoms with van der Waals surface area (Å²) in [7, 11) is -1.44. The molecule has 90 valence electrons. The highest BCUT2D eigenvalue weighted by molar-refractivity contribution is 6.43. The molecule has 2 aliphatic rings. The first-order valence-electron chi connectivity index (χ1n) is 6.02. The Labute approximate surface area is 95.8 Å². The van der Waals surface area contributed by atoms with Crippen molar-refractivity contribution in [2.75, 3.05) is 6.54 Å². The van der Waals surface area contributed by atoms with Crippen LogP contribution in [0.25, 0.3) is 0 Å². The van der Waals surface area contributed by atoms with E-state index in [-0.39, 0.29) is 5.91 Å². The van der Waals surface area contributed by atoms with Gasteiger partial charge in [0.05, 0.1) is 12.0 Å². The van der Waals surface area contributed by atoms with E-state index >= 15 is 0 Å². The van der Waals surface area contributed by atoms with Crippen LogP contribution in [0.15, 0.2) is 0 Å². The van der Waals surface area contributed by atoms with Gasteiger partial charge in [-0.1, -0.05) is 12.8 Å². The molecule has 5 nitrogen and oxygen atoms in total. The van der Waals surface area contributed by atoms with Gasteiger partial charge in [-0.3, -0.25) is 4.79 Å². The molecule has 2 atom stereocenters. The molecule has 16 heavy (non-hydrogen) atoms. The van der Waals surface area contributed by atoms with Gasteiger partial charge < -0.3 is 20.7 Å². The normalized spacial score (nSPS) is 26.9. The van der Waals surface area contributed by atoms with Gasteiger partial charge in [0.1, 0.15) is 0 Å². The van der Waals surface area contributed by atoms with Gasteiger partial charge in [-0.2, -0.15) is 0 Å². The highest BCUT2D eigenvalue weighted by Crippen LogP contribution is 2.33. The average molecular weight is 226 g/mol. The number of rotatable bonds is 4. The van der Waals surface area contributed by atoms with Crippen LogP contribution in [-0.4, -0.2) is 46.5 Å². The fraction of sp³-hybridized carbons (Fsp3) is 0.900. The number of hydrogen-bond acceptors (Lipinski definition) is 4. The van der Waals surface area contributed by atoms with Crippen LogP contribution in [0.1, 0.15) is 32.1 Å². The standard InChI is InChI=1S/C10H19BN2O3/c12-8(6-7-3-4-7)10(14)13-5-1-2-9(13)11(15)16/h7-9,15-16H,1-6,12H2/t8-,9-/m0/s1. The summed E-state index contributed by atoms with van der Waals surface area (Å²) in [6.45, 7) is 0.597. The van der Waals surface area contributed by atoms with Crippen molar-refractivity contribution in [1.29, 1.82) is 0 Å². The summed E-state index contributed by atoms with van der Waals surface area (Å²) in [5.74, 6) is 0.0271. The number of nitrogens with zero attached hydrogens (tertiary/aromatic N) is 1. The zero-order chi connectivity index (χ0) is 11.7. The Kier molecular flexibility index (Phi) is 3.52. The van der Waals surface area contributed by atoms with E-state index < -0.39 is 19.1 Å². The maximum atomic E-state index is 12.0. The van der Waals surface area contributed by atoms with Gasteiger partial charge in [-0.25, -0.2) is 0 Å². The first-order chi connectivity index (χ1) is 7.59. The Morgan fingerprint density at radius 2 is 2.12 bits per heavy atom. The van der Waals surface area contributed by atoms with Crippen LogP contribution >= 0.6 is 0 Å². The van der Waals surface area contributed by atoms with E-state index in [0.717, 1.165) is 12.8 Å². The van der Waals surface area contributed by atoms with Gasteiger partial charge in [0, 0.05) is 6.54 Å². The van der Waals surface area contributed by atoms with E-state index in [1.807, 2.05) is 0 Å². The molecule has 0 aromatic heterocycles. The van der Waals surface area contributed by atoms with Crippen LogP contribution < -0.4 is 5.73 Å². The molecule has 1 saturated carbocycles. The Morgan fingerprint density at radius 1 is 1.44 bits per heavy atom. The van der Waals surface area contributed by atoms with Crippen LogP contribution in [0.5, 0.6) is 0 Å². The predicted molar refractivity (Wildman–Crippen MR) is 60.2 cm³/mol. The highest BCUT2D eigenvalue weighted by atomic mass is 16.4. The molecule has 1 heterocycles. The van der Waals surface area contributed by atoms with Crippen LogP contribution in [0, 0.1) is 5.92 Å². The van der Waals surface area contributed by atoms with Crippen molar-refractivity contribution in [3.63, 3.8) is 0 Å². The molecule has 2 fully saturated rings. The third kappa shape index (κ3) is 2.56. The summed E-state index contributed by atoms with van der Waals surface area (Å²) >= 11 is 0. The highest BCUT2D eigenvalue weighted by Gasteiger charge is 2.39. The van der Waals surface area contributed by atoms with E-state index in [0.29, 0.717) is 18.9 Å². The monoisotopic (exact) mass is 226 g/mol. The van der Waals surface area contributed by atoms with Crippen molar-refractivity contribution in [3.05, 3.63) is 0 Å². The molecule has 0 bridgehead atoms. The van der Waals surface area contributed by atoms with Gasteiger partial charge >= 0.3 is 7.12 Å². The van der Waals surface area contributed by atoms with Crippen LogP contribution in [0.2, 0.25) is 0 Å². The SMILES string of the molecule is N[C@@H](CC1CC1)C(=O)N1CCC[C@H]1B(O)O. The van der Waals surface area contributed by atoms with Gasteiger partial charge in [-0.15, -0.1) is 0 Å². The molecule has 2 rings (SSSR count). The molecular weight excluding hydrogens is 207 g/mol. The number of carbonyl (C=O) groups excluding carboxylic acids is 1. The lowest BCUT2D eigenvalue weighted by Gasteiger charge is -2.26. The largest absolute Gasteiger partial charge is 0.475 e. The van der Waals surface area contributed by atoms with Gasteiger partial charge in [0.15, 0.2) is 0 Å². The van der Waals surface area contributed by atoms with E-state index in [1.54, 1.807) is 0 Å². The Balaban J connectivity index is 1.91. The summed E-state index contributed by atoms with van der Waals surface area (Å²) in [6.07, 6.45) is 4.56. The van der Waals surface area contributed by atoms with E-state index in [9.17, 15) is 4.79 Å². The summed E-state index contributed by atoms with van der Waals surface area (Å²) in [5.41, 5.74) is 5.85. The van der Waals surface area contributed by atoms with Crippen molar-refractivity contribution in [2.24, 2.45) is 11.7 Å². The molecule has 1 amide bonds.